The molecule has 2 unspecified atom stereocenters. The van der Waals surface area contributed by atoms with Crippen molar-refractivity contribution in [2.24, 2.45) is 10.9 Å². The van der Waals surface area contributed by atoms with E-state index in [1.165, 1.54) is 30.6 Å². The van der Waals surface area contributed by atoms with E-state index in [2.05, 4.69) is 60.2 Å². The summed E-state index contributed by atoms with van der Waals surface area (Å²) < 4.78 is 6.08. The van der Waals surface area contributed by atoms with Crippen molar-refractivity contribution in [1.82, 2.24) is 15.1 Å². The molecule has 5 heteroatoms. The molecule has 0 aromatic heterocycles. The first kappa shape index (κ1) is 19.2. The normalized spacial score (nSPS) is 24.9. The molecular formula is C21H34N4O. The fourth-order valence-corrected chi connectivity index (χ4v) is 3.97. The van der Waals surface area contributed by atoms with Gasteiger partial charge < -0.3 is 19.9 Å². The summed E-state index contributed by atoms with van der Waals surface area (Å²) in [6, 6.07) is 8.54. The minimum absolute atomic E-state index is 0.121. The van der Waals surface area contributed by atoms with Gasteiger partial charge in [0, 0.05) is 26.2 Å². The van der Waals surface area contributed by atoms with Gasteiger partial charge in [-0.05, 0) is 50.4 Å². The van der Waals surface area contributed by atoms with Gasteiger partial charge >= 0.3 is 0 Å². The van der Waals surface area contributed by atoms with Gasteiger partial charge in [-0.25, -0.2) is 0 Å². The number of guanidine groups is 1. The quantitative estimate of drug-likeness (QED) is 0.649. The molecule has 1 aromatic rings. The Kier molecular flexibility index (Phi) is 6.92. The van der Waals surface area contributed by atoms with Gasteiger partial charge in [-0.15, -0.1) is 0 Å². The summed E-state index contributed by atoms with van der Waals surface area (Å²) in [6.45, 7) is 14.5. The molecule has 0 bridgehead atoms. The molecule has 2 heterocycles. The highest BCUT2D eigenvalue weighted by molar-refractivity contribution is 5.80. The number of nitrogens with one attached hydrogen (secondary N) is 1. The molecule has 3 rings (SSSR count). The molecule has 26 heavy (non-hydrogen) atoms. The molecule has 1 aromatic carbocycles. The molecule has 0 aliphatic carbocycles. The lowest BCUT2D eigenvalue weighted by molar-refractivity contribution is -0.00834. The van der Waals surface area contributed by atoms with Crippen LogP contribution in [0.3, 0.4) is 0 Å². The minimum atomic E-state index is 0.121. The monoisotopic (exact) mass is 358 g/mol. The zero-order valence-corrected chi connectivity index (χ0v) is 16.6. The van der Waals surface area contributed by atoms with E-state index in [1.54, 1.807) is 0 Å². The van der Waals surface area contributed by atoms with E-state index in [9.17, 15) is 0 Å². The van der Waals surface area contributed by atoms with E-state index in [-0.39, 0.29) is 6.10 Å². The van der Waals surface area contributed by atoms with Crippen molar-refractivity contribution < 1.29 is 4.74 Å². The van der Waals surface area contributed by atoms with Gasteiger partial charge in [0.2, 0.25) is 0 Å². The molecule has 1 N–H and O–H groups in total. The summed E-state index contributed by atoms with van der Waals surface area (Å²) in [4.78, 5) is 9.88. The number of hydrogen-bond donors (Lipinski definition) is 1. The number of morpholine rings is 1. The average Bonchev–Trinajstić information content (AvgIpc) is 3.14. The highest BCUT2D eigenvalue weighted by Crippen LogP contribution is 2.25. The Labute approximate surface area is 158 Å². The number of rotatable bonds is 5. The van der Waals surface area contributed by atoms with Crippen LogP contribution in [0.2, 0.25) is 0 Å². The largest absolute Gasteiger partial charge is 0.370 e. The Balaban J connectivity index is 1.65. The van der Waals surface area contributed by atoms with Crippen LogP contribution in [0.4, 0.5) is 0 Å². The van der Waals surface area contributed by atoms with Crippen molar-refractivity contribution in [1.29, 1.82) is 0 Å². The predicted octanol–water partition coefficient (Wildman–Crippen LogP) is 2.68. The second-order valence-corrected chi connectivity index (χ2v) is 7.40. The van der Waals surface area contributed by atoms with E-state index >= 15 is 0 Å². The van der Waals surface area contributed by atoms with Crippen LogP contribution in [0.15, 0.2) is 29.3 Å². The lowest BCUT2D eigenvalue weighted by Gasteiger charge is -2.36. The summed E-state index contributed by atoms with van der Waals surface area (Å²) in [7, 11) is 0. The first-order chi connectivity index (χ1) is 12.7. The number of likely N-dealkylation sites (tertiary alicyclic amines) is 1. The smallest absolute Gasteiger partial charge is 0.194 e. The van der Waals surface area contributed by atoms with Crippen LogP contribution in [-0.4, -0.2) is 68.2 Å². The number of aliphatic imine (C=N–C) groups is 1. The van der Waals surface area contributed by atoms with E-state index in [0.29, 0.717) is 5.92 Å². The van der Waals surface area contributed by atoms with Crippen LogP contribution in [0, 0.1) is 12.8 Å². The van der Waals surface area contributed by atoms with Crippen LogP contribution >= 0.6 is 0 Å². The maximum Gasteiger partial charge on any atom is 0.194 e. The lowest BCUT2D eigenvalue weighted by atomic mass is 10.0. The summed E-state index contributed by atoms with van der Waals surface area (Å²) in [6.07, 6.45) is 1.39. The van der Waals surface area contributed by atoms with Gasteiger partial charge in [0.1, 0.15) is 6.10 Å². The standard InChI is InChI=1S/C21H34N4O/c1-4-22-21(23-14-18-10-11-24(5-2)15-18)25-12-13-26-20(16-25)19-9-7-6-8-17(19)3/h6-9,18,20H,4-5,10-16H2,1-3H3,(H,22,23). The number of aryl methyl sites for hydroxylation is 1. The fraction of sp³-hybridized carbons (Fsp3) is 0.667. The van der Waals surface area contributed by atoms with Gasteiger partial charge in [-0.2, -0.15) is 0 Å². The summed E-state index contributed by atoms with van der Waals surface area (Å²) >= 11 is 0. The predicted molar refractivity (Wildman–Crippen MR) is 108 cm³/mol. The molecule has 0 saturated carbocycles. The minimum Gasteiger partial charge on any atom is -0.370 e. The third-order valence-electron chi connectivity index (χ3n) is 5.55. The summed E-state index contributed by atoms with van der Waals surface area (Å²) in [5.74, 6) is 1.74. The zero-order valence-electron chi connectivity index (χ0n) is 16.6. The summed E-state index contributed by atoms with van der Waals surface area (Å²) in [5, 5.41) is 3.49. The Bertz CT molecular complexity index is 603. The molecule has 144 valence electrons. The average molecular weight is 359 g/mol. The van der Waals surface area contributed by atoms with E-state index in [0.717, 1.165) is 45.3 Å². The van der Waals surface area contributed by atoms with Crippen LogP contribution in [0.1, 0.15) is 37.5 Å². The second kappa shape index (κ2) is 9.38. The van der Waals surface area contributed by atoms with Crippen LogP contribution in [-0.2, 0) is 4.74 Å². The molecule has 0 spiro atoms. The summed E-state index contributed by atoms with van der Waals surface area (Å²) in [5.41, 5.74) is 2.59. The van der Waals surface area contributed by atoms with Gasteiger partial charge in [0.25, 0.3) is 0 Å². The van der Waals surface area contributed by atoms with Gasteiger partial charge in [0.15, 0.2) is 5.96 Å². The van der Waals surface area contributed by atoms with Crippen molar-refractivity contribution in [2.75, 3.05) is 52.4 Å². The van der Waals surface area contributed by atoms with Gasteiger partial charge in [0.05, 0.1) is 13.2 Å². The second-order valence-electron chi connectivity index (χ2n) is 7.40. The van der Waals surface area contributed by atoms with Crippen molar-refractivity contribution in [3.05, 3.63) is 35.4 Å². The maximum absolute atomic E-state index is 6.08. The Morgan fingerprint density at radius 1 is 1.23 bits per heavy atom. The maximum atomic E-state index is 6.08. The van der Waals surface area contributed by atoms with E-state index in [1.807, 2.05) is 0 Å². The zero-order chi connectivity index (χ0) is 18.4. The Morgan fingerprint density at radius 2 is 2.08 bits per heavy atom. The third-order valence-corrected chi connectivity index (χ3v) is 5.55. The molecule has 5 nitrogen and oxygen atoms in total. The first-order valence-electron chi connectivity index (χ1n) is 10.1. The van der Waals surface area contributed by atoms with Crippen molar-refractivity contribution in [3.63, 3.8) is 0 Å². The van der Waals surface area contributed by atoms with Gasteiger partial charge in [-0.1, -0.05) is 31.2 Å². The first-order valence-corrected chi connectivity index (χ1v) is 10.1. The topological polar surface area (TPSA) is 40.1 Å². The number of nitrogens with zero attached hydrogens (tertiary/aromatic N) is 3. The SMILES string of the molecule is CCNC(=NCC1CCN(CC)C1)N1CCOC(c2ccccc2C)C1. The van der Waals surface area contributed by atoms with Crippen LogP contribution in [0.5, 0.6) is 0 Å². The van der Waals surface area contributed by atoms with Crippen LogP contribution < -0.4 is 5.32 Å². The Hall–Kier alpha value is -1.59. The van der Waals surface area contributed by atoms with Crippen molar-refractivity contribution in [3.8, 4) is 0 Å². The molecule has 2 aliphatic rings. The molecule has 2 atom stereocenters. The number of benzene rings is 1. The highest BCUT2D eigenvalue weighted by atomic mass is 16.5. The van der Waals surface area contributed by atoms with E-state index in [4.69, 9.17) is 9.73 Å². The molecule has 2 saturated heterocycles. The van der Waals surface area contributed by atoms with Crippen molar-refractivity contribution in [2.45, 2.75) is 33.3 Å². The van der Waals surface area contributed by atoms with Crippen molar-refractivity contribution >= 4 is 5.96 Å². The molecule has 2 fully saturated rings. The van der Waals surface area contributed by atoms with E-state index < -0.39 is 0 Å². The number of ether oxygens (including phenoxy) is 1. The third kappa shape index (κ3) is 4.77. The lowest BCUT2D eigenvalue weighted by Crippen LogP contribution is -2.48. The molecule has 2 aliphatic heterocycles. The van der Waals surface area contributed by atoms with Crippen LogP contribution in [0.25, 0.3) is 0 Å². The Morgan fingerprint density at radius 3 is 2.81 bits per heavy atom. The van der Waals surface area contributed by atoms with Gasteiger partial charge in [-0.3, -0.25) is 4.99 Å². The molecular weight excluding hydrogens is 324 g/mol. The fourth-order valence-electron chi connectivity index (χ4n) is 3.97. The highest BCUT2D eigenvalue weighted by Gasteiger charge is 2.26. The number of hydrogen-bond acceptors (Lipinski definition) is 3. The molecule has 0 amide bonds. The molecule has 0 radical (unpaired) electrons.